The predicted molar refractivity (Wildman–Crippen MR) is 258 cm³/mol. The van der Waals surface area contributed by atoms with Gasteiger partial charge in [-0.25, -0.2) is 0 Å². The molecule has 2 heterocycles. The molecule has 2 aliphatic heterocycles. The lowest BCUT2D eigenvalue weighted by atomic mass is 9.97. The number of hydrogen-bond acceptors (Lipinski definition) is 12. The number of carboxylic acids is 1. The van der Waals surface area contributed by atoms with Gasteiger partial charge in [0.1, 0.15) is 41.8 Å². The highest BCUT2D eigenvalue weighted by Crippen LogP contribution is 2.28. The summed E-state index contributed by atoms with van der Waals surface area (Å²) in [5.74, 6) is -8.41. The number of carbonyl (C=O) groups excluding carboxylic acids is 10. The van der Waals surface area contributed by atoms with Crippen molar-refractivity contribution in [3.63, 3.8) is 0 Å². The first-order chi connectivity index (χ1) is 34.8. The highest BCUT2D eigenvalue weighted by atomic mass is 16.4. The summed E-state index contributed by atoms with van der Waals surface area (Å²) in [7, 11) is 0. The summed E-state index contributed by atoms with van der Waals surface area (Å²) in [5.41, 5.74) is 9.83. The van der Waals surface area contributed by atoms with Crippen LogP contribution in [0, 0.1) is 23.7 Å². The molecule has 1 aromatic rings. The minimum absolute atomic E-state index is 0.00193. The molecule has 0 radical (unpaired) electrons. The van der Waals surface area contributed by atoms with Crippen LogP contribution in [0.1, 0.15) is 103 Å². The molecule has 9 amide bonds. The molecule has 24 heteroatoms. The summed E-state index contributed by atoms with van der Waals surface area (Å²) >= 11 is 0. The number of nitrogens with one attached hydrogen (secondary N) is 8. The van der Waals surface area contributed by atoms with E-state index in [1.165, 1.54) is 26.0 Å². The number of phenolic OH excluding ortho intramolecular Hbond substituents is 1. The monoisotopic (exact) mass is 1030 g/mol. The number of rotatable bonds is 27. The van der Waals surface area contributed by atoms with Crippen molar-refractivity contribution in [2.75, 3.05) is 32.7 Å². The van der Waals surface area contributed by atoms with Gasteiger partial charge in [-0.15, -0.1) is 0 Å². The largest absolute Gasteiger partial charge is 0.550 e. The fraction of sp³-hybridized carbons (Fsp3) is 0.673. The van der Waals surface area contributed by atoms with Crippen LogP contribution < -0.4 is 69.7 Å². The van der Waals surface area contributed by atoms with E-state index in [-0.39, 0.29) is 50.3 Å². The standard InChI is InChI=1S/C49H76N12O12/c1-26(42(51)66)54-45(69)32-22-52-24-39(32)60-48(72)37(12-5-6-20-50)58-44(68)31-10-8-14-35(31)56-49(73)38(21-28-16-18-29(63)19-17-28)59-46(70)33-23-53-25-40(33)61-47(71)36(11-3-4-15-41(64)65)57-43(67)30-9-7-13-34(30)55-27(2)62/h16-19,26,30-40,52-53,63H,3-15,20-25,50H2,1-2H3,(H2,51,66)(H,54,69)(H,55,62)(H,56,73)(H,57,67)(H,58,68)(H,59,70)(H,60,72)(H,61,71)(H,64,65)/p+2/t26-,30?,31?,32?,33?,34?,35?,36-,37-,38-,39?,40?/m0/s1. The van der Waals surface area contributed by atoms with Crippen molar-refractivity contribution in [2.24, 2.45) is 29.4 Å². The predicted octanol–water partition coefficient (Wildman–Crippen LogP) is -6.95. The summed E-state index contributed by atoms with van der Waals surface area (Å²) in [6, 6.07) is -0.332. The highest BCUT2D eigenvalue weighted by molar-refractivity contribution is 5.93. The van der Waals surface area contributed by atoms with E-state index in [0.29, 0.717) is 89.5 Å². The summed E-state index contributed by atoms with van der Waals surface area (Å²) in [4.78, 5) is 132. The van der Waals surface area contributed by atoms with E-state index >= 15 is 0 Å². The molecule has 0 spiro atoms. The van der Waals surface area contributed by atoms with Crippen molar-refractivity contribution in [3.05, 3.63) is 29.8 Å². The average molecular weight is 1030 g/mol. The third-order valence-electron chi connectivity index (χ3n) is 14.6. The van der Waals surface area contributed by atoms with Crippen LogP contribution in [0.25, 0.3) is 0 Å². The third kappa shape index (κ3) is 17.4. The molecule has 2 aliphatic carbocycles. The van der Waals surface area contributed by atoms with Gasteiger partial charge in [0.25, 0.3) is 0 Å². The second kappa shape index (κ2) is 28.2. The minimum atomic E-state index is -1.24. The van der Waals surface area contributed by atoms with Gasteiger partial charge in [-0.2, -0.15) is 0 Å². The smallest absolute Gasteiger partial charge is 0.243 e. The van der Waals surface area contributed by atoms with Crippen LogP contribution in [0.4, 0.5) is 0 Å². The Balaban J connectivity index is 1.26. The maximum atomic E-state index is 14.4. The molecule has 404 valence electrons. The normalized spacial score (nSPS) is 25.0. The summed E-state index contributed by atoms with van der Waals surface area (Å²) < 4.78 is 0. The zero-order chi connectivity index (χ0) is 53.2. The molecular formula is C49H78N12O12+2. The topological polar surface area (TPSA) is 397 Å². The number of quaternary nitrogens is 3. The average Bonchev–Trinajstić information content (AvgIpc) is 4.19. The molecule has 5 rings (SSSR count). The first-order valence-electron chi connectivity index (χ1n) is 25.9. The van der Waals surface area contributed by atoms with E-state index in [4.69, 9.17) is 5.73 Å². The number of aromatic hydroxyl groups is 1. The molecule has 4 fully saturated rings. The van der Waals surface area contributed by atoms with Gasteiger partial charge in [0.2, 0.25) is 53.2 Å². The van der Waals surface area contributed by atoms with Crippen molar-refractivity contribution >= 4 is 59.1 Å². The lowest BCUT2D eigenvalue weighted by Crippen LogP contribution is -2.82. The molecule has 4 aliphatic rings. The van der Waals surface area contributed by atoms with Crippen LogP contribution in [0.2, 0.25) is 0 Å². The first-order valence-corrected chi connectivity index (χ1v) is 25.9. The molecule has 0 aromatic heterocycles. The van der Waals surface area contributed by atoms with E-state index in [9.17, 15) is 58.2 Å². The Hall–Kier alpha value is -6.40. The van der Waals surface area contributed by atoms with Gasteiger partial charge in [-0.3, -0.25) is 43.2 Å². The van der Waals surface area contributed by atoms with Gasteiger partial charge >= 0.3 is 0 Å². The Morgan fingerprint density at radius 2 is 1.07 bits per heavy atom. The van der Waals surface area contributed by atoms with E-state index in [1.807, 2.05) is 10.6 Å². The van der Waals surface area contributed by atoms with E-state index < -0.39 is 125 Å². The quantitative estimate of drug-likeness (QED) is 0.0366. The fourth-order valence-corrected chi connectivity index (χ4v) is 10.5. The molecule has 8 unspecified atom stereocenters. The zero-order valence-electron chi connectivity index (χ0n) is 42.0. The van der Waals surface area contributed by atoms with Crippen LogP contribution >= 0.6 is 0 Å². The van der Waals surface area contributed by atoms with Crippen LogP contribution in [0.3, 0.4) is 0 Å². The number of carbonyl (C=O) groups is 10. The lowest BCUT2D eigenvalue weighted by Gasteiger charge is -2.28. The van der Waals surface area contributed by atoms with Gasteiger partial charge in [-0.05, 0) is 88.8 Å². The number of primary amides is 1. The summed E-state index contributed by atoms with van der Waals surface area (Å²) in [6.45, 7) is 4.79. The number of nitrogens with two attached hydrogens (primary N) is 3. The van der Waals surface area contributed by atoms with Crippen molar-refractivity contribution in [1.82, 2.24) is 42.5 Å². The minimum Gasteiger partial charge on any atom is -0.550 e. The molecule has 12 atom stereocenters. The second-order valence-corrected chi connectivity index (χ2v) is 20.1. The first kappa shape index (κ1) is 57.5. The van der Waals surface area contributed by atoms with Crippen molar-refractivity contribution in [2.45, 2.75) is 152 Å². The van der Waals surface area contributed by atoms with E-state index in [2.05, 4.69) is 48.3 Å². The van der Waals surface area contributed by atoms with Gasteiger partial charge in [0.15, 0.2) is 0 Å². The number of aliphatic carboxylic acids is 1. The van der Waals surface area contributed by atoms with Gasteiger partial charge in [0, 0.05) is 31.4 Å². The van der Waals surface area contributed by atoms with Gasteiger partial charge in [-0.1, -0.05) is 31.4 Å². The molecule has 73 heavy (non-hydrogen) atoms. The molecule has 0 bridgehead atoms. The molecule has 2 saturated heterocycles. The van der Waals surface area contributed by atoms with Gasteiger partial charge < -0.3 is 79.6 Å². The molecule has 1 aromatic carbocycles. The van der Waals surface area contributed by atoms with Gasteiger partial charge in [0.05, 0.1) is 56.6 Å². The second-order valence-electron chi connectivity index (χ2n) is 20.1. The van der Waals surface area contributed by atoms with Crippen LogP contribution in [-0.4, -0.2) is 145 Å². The number of carboxylic acid groups (broad SMARTS) is 1. The van der Waals surface area contributed by atoms with Crippen LogP contribution in [0.5, 0.6) is 5.75 Å². The maximum absolute atomic E-state index is 14.4. The number of amides is 9. The summed E-state index contributed by atoms with van der Waals surface area (Å²) in [5, 5.41) is 47.7. The molecule has 24 nitrogen and oxygen atoms in total. The number of benzene rings is 1. The van der Waals surface area contributed by atoms with E-state index in [1.54, 1.807) is 12.1 Å². The molecule has 18 N–H and O–H groups in total. The lowest BCUT2D eigenvalue weighted by molar-refractivity contribution is -0.638. The number of phenols is 1. The van der Waals surface area contributed by atoms with Crippen molar-refractivity contribution in [3.8, 4) is 5.75 Å². The fourth-order valence-electron chi connectivity index (χ4n) is 10.5. The van der Waals surface area contributed by atoms with E-state index in [0.717, 1.165) is 0 Å². The SMILES string of the molecule is CC(=O)NC1CCCC1C(=O)N[C@@H](CCCCC(=O)[O-])C(=O)NC1C[NH2+]CC1C(=O)N[C@@H](Cc1ccc(O)cc1)C(=O)NC1CCCC1C(=O)N[C@@H](CCCC[NH3+])C(=O)NC1C[NH2+]CC1C(=O)N[C@@H](C)C(N)=O. The third-order valence-corrected chi connectivity index (χ3v) is 14.6. The highest BCUT2D eigenvalue weighted by Gasteiger charge is 2.43. The van der Waals surface area contributed by atoms with Crippen molar-refractivity contribution < 1.29 is 74.5 Å². The molecule has 2 saturated carbocycles. The number of unbranched alkanes of at least 4 members (excludes halogenated alkanes) is 2. The van der Waals surface area contributed by atoms with Crippen LogP contribution in [0.15, 0.2) is 24.3 Å². The zero-order valence-corrected chi connectivity index (χ0v) is 42.0. The Morgan fingerprint density at radius 3 is 1.56 bits per heavy atom. The van der Waals surface area contributed by atoms with Crippen molar-refractivity contribution in [1.29, 1.82) is 0 Å². The number of hydrogen-bond donors (Lipinski definition) is 13. The Bertz CT molecular complexity index is 2130. The Morgan fingerprint density at radius 1 is 0.616 bits per heavy atom. The Kier molecular flexibility index (Phi) is 22.2. The molecular weight excluding hydrogens is 949 g/mol. The van der Waals surface area contributed by atoms with Crippen LogP contribution in [-0.2, 0) is 54.4 Å². The Labute approximate surface area is 424 Å². The maximum Gasteiger partial charge on any atom is 0.243 e. The summed E-state index contributed by atoms with van der Waals surface area (Å²) in [6.07, 6.45) is 5.18.